The highest BCUT2D eigenvalue weighted by Crippen LogP contribution is 2.19. The SMILES string of the molecule is CCN(CCCNCc1ncc(Br)cc1Br)C(=O)OC(C)(C)C. The maximum atomic E-state index is 12.0. The van der Waals surface area contributed by atoms with Gasteiger partial charge < -0.3 is 15.0 Å². The molecule has 0 atom stereocenters. The number of rotatable bonds is 7. The Bertz CT molecular complexity index is 519. The van der Waals surface area contributed by atoms with Crippen LogP contribution in [0, 0.1) is 0 Å². The minimum absolute atomic E-state index is 0.252. The Morgan fingerprint density at radius 2 is 2.09 bits per heavy atom. The van der Waals surface area contributed by atoms with Crippen LogP contribution in [0.2, 0.25) is 0 Å². The molecule has 1 amide bonds. The molecule has 0 saturated heterocycles. The van der Waals surface area contributed by atoms with Gasteiger partial charge in [0, 0.05) is 34.8 Å². The van der Waals surface area contributed by atoms with Crippen LogP contribution in [0.25, 0.3) is 0 Å². The summed E-state index contributed by atoms with van der Waals surface area (Å²) in [5, 5.41) is 3.34. The average Bonchev–Trinajstić information content (AvgIpc) is 2.42. The van der Waals surface area contributed by atoms with E-state index < -0.39 is 5.60 Å². The van der Waals surface area contributed by atoms with Crippen LogP contribution in [0.15, 0.2) is 21.2 Å². The molecular formula is C16H25Br2N3O2. The van der Waals surface area contributed by atoms with Crippen molar-refractivity contribution in [2.24, 2.45) is 0 Å². The first-order valence-electron chi connectivity index (χ1n) is 7.71. The molecule has 130 valence electrons. The lowest BCUT2D eigenvalue weighted by atomic mass is 10.2. The number of nitrogens with zero attached hydrogens (tertiary/aromatic N) is 2. The Hall–Kier alpha value is -0.660. The summed E-state index contributed by atoms with van der Waals surface area (Å²) >= 11 is 6.88. The van der Waals surface area contributed by atoms with Crippen LogP contribution >= 0.6 is 31.9 Å². The number of hydrogen-bond donors (Lipinski definition) is 1. The maximum absolute atomic E-state index is 12.0. The van der Waals surface area contributed by atoms with Crippen molar-refractivity contribution in [2.75, 3.05) is 19.6 Å². The van der Waals surface area contributed by atoms with Crippen molar-refractivity contribution in [2.45, 2.75) is 46.3 Å². The van der Waals surface area contributed by atoms with Crippen molar-refractivity contribution in [3.8, 4) is 0 Å². The van der Waals surface area contributed by atoms with Gasteiger partial charge in [-0.3, -0.25) is 4.98 Å². The molecule has 0 saturated carbocycles. The normalized spacial score (nSPS) is 11.4. The first-order valence-corrected chi connectivity index (χ1v) is 9.30. The summed E-state index contributed by atoms with van der Waals surface area (Å²) in [6, 6.07) is 1.98. The van der Waals surface area contributed by atoms with E-state index in [9.17, 15) is 4.79 Å². The molecule has 23 heavy (non-hydrogen) atoms. The molecule has 5 nitrogen and oxygen atoms in total. The Kier molecular flexibility index (Phi) is 8.50. The van der Waals surface area contributed by atoms with Crippen LogP contribution in [0.5, 0.6) is 0 Å². The molecule has 0 aliphatic heterocycles. The first kappa shape index (κ1) is 20.4. The highest BCUT2D eigenvalue weighted by atomic mass is 79.9. The fourth-order valence-corrected chi connectivity index (χ4v) is 3.01. The number of amides is 1. The predicted octanol–water partition coefficient (Wildman–Crippen LogP) is 4.34. The van der Waals surface area contributed by atoms with Gasteiger partial charge in [0.05, 0.1) is 5.69 Å². The molecule has 0 aromatic carbocycles. The summed E-state index contributed by atoms with van der Waals surface area (Å²) in [4.78, 5) is 18.1. The van der Waals surface area contributed by atoms with E-state index in [1.54, 1.807) is 11.1 Å². The van der Waals surface area contributed by atoms with Gasteiger partial charge in [-0.1, -0.05) is 0 Å². The van der Waals surface area contributed by atoms with E-state index in [1.807, 2.05) is 33.8 Å². The van der Waals surface area contributed by atoms with E-state index >= 15 is 0 Å². The van der Waals surface area contributed by atoms with E-state index in [2.05, 4.69) is 42.2 Å². The van der Waals surface area contributed by atoms with Crippen LogP contribution in [-0.4, -0.2) is 41.2 Å². The monoisotopic (exact) mass is 449 g/mol. The smallest absolute Gasteiger partial charge is 0.410 e. The van der Waals surface area contributed by atoms with Gasteiger partial charge in [0.25, 0.3) is 0 Å². The quantitative estimate of drug-likeness (QED) is 0.627. The Balaban J connectivity index is 2.31. The van der Waals surface area contributed by atoms with Crippen molar-refractivity contribution < 1.29 is 9.53 Å². The van der Waals surface area contributed by atoms with Gasteiger partial charge in [0.1, 0.15) is 5.60 Å². The molecule has 0 spiro atoms. The largest absolute Gasteiger partial charge is 0.444 e. The van der Waals surface area contributed by atoms with Crippen LogP contribution in [-0.2, 0) is 11.3 Å². The molecule has 0 fully saturated rings. The van der Waals surface area contributed by atoms with Crippen LogP contribution in [0.4, 0.5) is 4.79 Å². The highest BCUT2D eigenvalue weighted by Gasteiger charge is 2.20. The third-order valence-corrected chi connectivity index (χ3v) is 4.11. The fraction of sp³-hybridized carbons (Fsp3) is 0.625. The number of aromatic nitrogens is 1. The number of ether oxygens (including phenoxy) is 1. The minimum Gasteiger partial charge on any atom is -0.444 e. The highest BCUT2D eigenvalue weighted by molar-refractivity contribution is 9.11. The maximum Gasteiger partial charge on any atom is 0.410 e. The summed E-state index contributed by atoms with van der Waals surface area (Å²) in [6.45, 7) is 10.4. The Morgan fingerprint density at radius 1 is 1.39 bits per heavy atom. The van der Waals surface area contributed by atoms with Crippen molar-refractivity contribution >= 4 is 38.0 Å². The Labute approximate surface area is 155 Å². The molecule has 1 aromatic heterocycles. The van der Waals surface area contributed by atoms with Gasteiger partial charge in [0.2, 0.25) is 0 Å². The third kappa shape index (κ3) is 8.13. The van der Waals surface area contributed by atoms with Crippen molar-refractivity contribution in [1.29, 1.82) is 0 Å². The molecule has 0 unspecified atom stereocenters. The summed E-state index contributed by atoms with van der Waals surface area (Å²) in [5.74, 6) is 0. The third-order valence-electron chi connectivity index (χ3n) is 2.99. The van der Waals surface area contributed by atoms with Crippen LogP contribution < -0.4 is 5.32 Å². The van der Waals surface area contributed by atoms with Gasteiger partial charge in [-0.2, -0.15) is 0 Å². The lowest BCUT2D eigenvalue weighted by Gasteiger charge is -2.26. The summed E-state index contributed by atoms with van der Waals surface area (Å²) in [5.41, 5.74) is 0.509. The van der Waals surface area contributed by atoms with E-state index in [0.29, 0.717) is 19.6 Å². The van der Waals surface area contributed by atoms with Gasteiger partial charge in [0.15, 0.2) is 0 Å². The minimum atomic E-state index is -0.456. The lowest BCUT2D eigenvalue weighted by Crippen LogP contribution is -2.38. The topological polar surface area (TPSA) is 54.5 Å². The molecule has 1 rings (SSSR count). The number of pyridine rings is 1. The summed E-state index contributed by atoms with van der Waals surface area (Å²) < 4.78 is 7.31. The molecule has 7 heteroatoms. The fourth-order valence-electron chi connectivity index (χ4n) is 1.88. The van der Waals surface area contributed by atoms with E-state index in [-0.39, 0.29) is 6.09 Å². The van der Waals surface area contributed by atoms with Crippen molar-refractivity contribution in [1.82, 2.24) is 15.2 Å². The molecule has 0 aliphatic carbocycles. The van der Waals surface area contributed by atoms with Gasteiger partial charge in [-0.15, -0.1) is 0 Å². The van der Waals surface area contributed by atoms with Crippen LogP contribution in [0.3, 0.4) is 0 Å². The molecule has 1 N–H and O–H groups in total. The first-order chi connectivity index (χ1) is 10.7. The number of carbonyl (C=O) groups is 1. The second-order valence-electron chi connectivity index (χ2n) is 6.17. The van der Waals surface area contributed by atoms with E-state index in [0.717, 1.165) is 27.6 Å². The lowest BCUT2D eigenvalue weighted by molar-refractivity contribution is 0.0258. The average molecular weight is 451 g/mol. The molecule has 0 radical (unpaired) electrons. The zero-order chi connectivity index (χ0) is 17.5. The second kappa shape index (κ2) is 9.59. The number of nitrogens with one attached hydrogen (secondary N) is 1. The molecular weight excluding hydrogens is 426 g/mol. The van der Waals surface area contributed by atoms with Crippen molar-refractivity contribution in [3.63, 3.8) is 0 Å². The summed E-state index contributed by atoms with van der Waals surface area (Å²) in [6.07, 6.45) is 2.39. The van der Waals surface area contributed by atoms with E-state index in [4.69, 9.17) is 4.74 Å². The Morgan fingerprint density at radius 3 is 2.65 bits per heavy atom. The predicted molar refractivity (Wildman–Crippen MR) is 99.4 cm³/mol. The van der Waals surface area contributed by atoms with Gasteiger partial charge >= 0.3 is 6.09 Å². The standard InChI is InChI=1S/C16H25Br2N3O2/c1-5-21(15(22)23-16(2,3)4)8-6-7-19-11-14-13(18)9-12(17)10-20-14/h9-10,19H,5-8,11H2,1-4H3. The molecule has 1 heterocycles. The molecule has 1 aromatic rings. The summed E-state index contributed by atoms with van der Waals surface area (Å²) in [7, 11) is 0. The number of carbonyl (C=O) groups excluding carboxylic acids is 1. The van der Waals surface area contributed by atoms with Crippen LogP contribution in [0.1, 0.15) is 39.8 Å². The van der Waals surface area contributed by atoms with E-state index in [1.165, 1.54) is 0 Å². The van der Waals surface area contributed by atoms with Crippen molar-refractivity contribution in [3.05, 3.63) is 26.9 Å². The zero-order valence-corrected chi connectivity index (χ0v) is 17.3. The zero-order valence-electron chi connectivity index (χ0n) is 14.2. The number of halogens is 2. The number of hydrogen-bond acceptors (Lipinski definition) is 4. The van der Waals surface area contributed by atoms with Gasteiger partial charge in [-0.05, 0) is 78.6 Å². The second-order valence-corrected chi connectivity index (χ2v) is 7.94. The van der Waals surface area contributed by atoms with Gasteiger partial charge in [-0.25, -0.2) is 4.79 Å². The molecule has 0 aliphatic rings. The molecule has 0 bridgehead atoms.